The molecule has 0 saturated heterocycles. The van der Waals surface area contributed by atoms with Gasteiger partial charge >= 0.3 is 6.09 Å². The van der Waals surface area contributed by atoms with E-state index in [9.17, 15) is 9.59 Å². The number of thiazole rings is 1. The minimum atomic E-state index is -0.582. The zero-order chi connectivity index (χ0) is 23.8. The Balaban J connectivity index is 1.32. The van der Waals surface area contributed by atoms with Crippen molar-refractivity contribution in [1.29, 1.82) is 0 Å². The Hall–Kier alpha value is -3.63. The van der Waals surface area contributed by atoms with Gasteiger partial charge in [-0.25, -0.2) is 15.2 Å². The molecule has 0 aliphatic carbocycles. The van der Waals surface area contributed by atoms with Gasteiger partial charge in [-0.05, 0) is 48.5 Å². The SMILES string of the molecule is CCOC(=O)N[C@H](CC(=O)N/N=C\c1ccc(Sc2nc3ccccc3s2)o1)c1ccccc1. The first kappa shape index (κ1) is 23.5. The standard InChI is InChI=1S/C24H22N4O4S2/c1-2-31-23(30)26-19(16-8-4-3-5-9-16)14-21(29)28-25-15-17-12-13-22(32-17)34-24-27-18-10-6-7-11-20(18)33-24/h3-13,15,19H,2,14H2,1H3,(H,26,30)(H,28,29)/b25-15-/t19-/m1/s1. The number of hydrazone groups is 1. The molecule has 2 N–H and O–H groups in total. The van der Waals surface area contributed by atoms with Crippen LogP contribution in [0.15, 0.2) is 85.7 Å². The minimum Gasteiger partial charge on any atom is -0.450 e. The van der Waals surface area contributed by atoms with Crippen LogP contribution in [-0.4, -0.2) is 29.8 Å². The second-order valence-corrected chi connectivity index (χ2v) is 9.31. The Morgan fingerprint density at radius 1 is 1.15 bits per heavy atom. The van der Waals surface area contributed by atoms with Crippen molar-refractivity contribution in [1.82, 2.24) is 15.7 Å². The number of nitrogens with one attached hydrogen (secondary N) is 2. The quantitative estimate of drug-likeness (QED) is 0.239. The van der Waals surface area contributed by atoms with Crippen LogP contribution in [0, 0.1) is 0 Å². The number of benzene rings is 2. The van der Waals surface area contributed by atoms with Gasteiger partial charge in [0.05, 0.1) is 35.5 Å². The number of alkyl carbamates (subject to hydrolysis) is 1. The van der Waals surface area contributed by atoms with E-state index in [1.807, 2.05) is 60.7 Å². The molecule has 0 radical (unpaired) electrons. The fraction of sp³-hybridized carbons (Fsp3) is 0.167. The van der Waals surface area contributed by atoms with Gasteiger partial charge in [-0.3, -0.25) is 4.79 Å². The Morgan fingerprint density at radius 2 is 1.94 bits per heavy atom. The molecule has 1 atom stereocenters. The van der Waals surface area contributed by atoms with Crippen LogP contribution in [0.25, 0.3) is 10.2 Å². The van der Waals surface area contributed by atoms with Crippen molar-refractivity contribution in [3.05, 3.63) is 78.1 Å². The van der Waals surface area contributed by atoms with Gasteiger partial charge in [-0.2, -0.15) is 5.10 Å². The molecule has 10 heteroatoms. The van der Waals surface area contributed by atoms with Gasteiger partial charge in [0, 0.05) is 0 Å². The summed E-state index contributed by atoms with van der Waals surface area (Å²) in [5.41, 5.74) is 4.22. The van der Waals surface area contributed by atoms with Crippen LogP contribution in [-0.2, 0) is 9.53 Å². The van der Waals surface area contributed by atoms with Crippen molar-refractivity contribution in [2.45, 2.75) is 28.8 Å². The summed E-state index contributed by atoms with van der Waals surface area (Å²) in [7, 11) is 0. The monoisotopic (exact) mass is 494 g/mol. The highest BCUT2D eigenvalue weighted by molar-refractivity contribution is 8.01. The molecule has 0 fully saturated rings. The summed E-state index contributed by atoms with van der Waals surface area (Å²) in [6.07, 6.45) is 0.842. The lowest BCUT2D eigenvalue weighted by molar-refractivity contribution is -0.121. The second kappa shape index (κ2) is 11.5. The molecule has 2 heterocycles. The summed E-state index contributed by atoms with van der Waals surface area (Å²) in [5.74, 6) is 0.130. The summed E-state index contributed by atoms with van der Waals surface area (Å²) in [4.78, 5) is 28.9. The third-order valence-corrected chi connectivity index (χ3v) is 6.62. The third kappa shape index (κ3) is 6.46. The lowest BCUT2D eigenvalue weighted by Crippen LogP contribution is -2.33. The number of rotatable bonds is 9. The number of carbonyl (C=O) groups is 2. The first-order chi connectivity index (χ1) is 16.6. The summed E-state index contributed by atoms with van der Waals surface area (Å²) < 4.78 is 12.7. The Kier molecular flexibility index (Phi) is 7.95. The molecule has 2 amide bonds. The van der Waals surface area contributed by atoms with Gasteiger partial charge in [0.25, 0.3) is 0 Å². The highest BCUT2D eigenvalue weighted by Gasteiger charge is 2.19. The lowest BCUT2D eigenvalue weighted by atomic mass is 10.0. The van der Waals surface area contributed by atoms with Crippen molar-refractivity contribution in [3.63, 3.8) is 0 Å². The number of carbonyl (C=O) groups excluding carboxylic acids is 2. The zero-order valence-electron chi connectivity index (χ0n) is 18.3. The van der Waals surface area contributed by atoms with Crippen molar-refractivity contribution >= 4 is 51.5 Å². The molecule has 0 bridgehead atoms. The number of nitrogens with zero attached hydrogens (tertiary/aromatic N) is 2. The first-order valence-electron chi connectivity index (χ1n) is 10.5. The predicted molar refractivity (Wildman–Crippen MR) is 132 cm³/mol. The number of aromatic nitrogens is 1. The van der Waals surface area contributed by atoms with E-state index >= 15 is 0 Å². The van der Waals surface area contributed by atoms with Crippen molar-refractivity contribution in [3.8, 4) is 0 Å². The van der Waals surface area contributed by atoms with E-state index in [4.69, 9.17) is 9.15 Å². The van der Waals surface area contributed by atoms with Crippen LogP contribution >= 0.6 is 23.1 Å². The molecule has 0 aliphatic rings. The summed E-state index contributed by atoms with van der Waals surface area (Å²) >= 11 is 3.03. The van der Waals surface area contributed by atoms with Crippen LogP contribution in [0.2, 0.25) is 0 Å². The number of para-hydroxylation sites is 1. The largest absolute Gasteiger partial charge is 0.450 e. The smallest absolute Gasteiger partial charge is 0.407 e. The first-order valence-corrected chi connectivity index (χ1v) is 12.2. The molecular weight excluding hydrogens is 472 g/mol. The van der Waals surface area contributed by atoms with Crippen LogP contribution in [0.1, 0.15) is 30.7 Å². The number of amides is 2. The number of hydrogen-bond donors (Lipinski definition) is 2. The molecule has 2 aromatic heterocycles. The lowest BCUT2D eigenvalue weighted by Gasteiger charge is -2.17. The Bertz CT molecular complexity index is 1250. The van der Waals surface area contributed by atoms with Crippen molar-refractivity contribution in [2.24, 2.45) is 5.10 Å². The zero-order valence-corrected chi connectivity index (χ0v) is 19.9. The molecule has 4 rings (SSSR count). The number of fused-ring (bicyclic) bond motifs is 1. The van der Waals surface area contributed by atoms with Crippen LogP contribution in [0.3, 0.4) is 0 Å². The van der Waals surface area contributed by atoms with Gasteiger partial charge in [0.2, 0.25) is 5.91 Å². The number of hydrogen-bond acceptors (Lipinski definition) is 8. The van der Waals surface area contributed by atoms with E-state index in [1.165, 1.54) is 18.0 Å². The molecular formula is C24H22N4O4S2. The molecule has 174 valence electrons. The summed E-state index contributed by atoms with van der Waals surface area (Å²) in [5, 5.41) is 7.36. The van der Waals surface area contributed by atoms with E-state index in [-0.39, 0.29) is 18.9 Å². The highest BCUT2D eigenvalue weighted by Crippen LogP contribution is 2.34. The molecule has 4 aromatic rings. The van der Waals surface area contributed by atoms with E-state index in [0.29, 0.717) is 10.9 Å². The molecule has 0 saturated carbocycles. The molecule has 8 nitrogen and oxygen atoms in total. The second-order valence-electron chi connectivity index (χ2n) is 7.03. The van der Waals surface area contributed by atoms with Crippen molar-refractivity contribution < 1.29 is 18.7 Å². The van der Waals surface area contributed by atoms with E-state index in [2.05, 4.69) is 20.8 Å². The number of ether oxygens (including phenoxy) is 1. The maximum absolute atomic E-state index is 12.4. The average Bonchev–Trinajstić information content (AvgIpc) is 3.45. The van der Waals surface area contributed by atoms with Gasteiger partial charge in [0.15, 0.2) is 9.43 Å². The fourth-order valence-electron chi connectivity index (χ4n) is 3.09. The Labute approximate surface area is 204 Å². The normalized spacial score (nSPS) is 12.0. The number of furan rings is 1. The highest BCUT2D eigenvalue weighted by atomic mass is 32.2. The Morgan fingerprint density at radius 3 is 2.74 bits per heavy atom. The maximum atomic E-state index is 12.4. The van der Waals surface area contributed by atoms with E-state index < -0.39 is 12.1 Å². The molecule has 0 aliphatic heterocycles. The summed E-state index contributed by atoms with van der Waals surface area (Å²) in [6, 6.07) is 20.2. The molecule has 2 aromatic carbocycles. The fourth-order valence-corrected chi connectivity index (χ4v) is 5.06. The van der Waals surface area contributed by atoms with Gasteiger partial charge < -0.3 is 14.5 Å². The molecule has 0 unspecified atom stereocenters. The van der Waals surface area contributed by atoms with Crippen LogP contribution in [0.5, 0.6) is 0 Å². The topological polar surface area (TPSA) is 106 Å². The van der Waals surface area contributed by atoms with Gasteiger partial charge in [-0.15, -0.1) is 11.3 Å². The molecule has 0 spiro atoms. The van der Waals surface area contributed by atoms with E-state index in [1.54, 1.807) is 24.3 Å². The predicted octanol–water partition coefficient (Wildman–Crippen LogP) is 5.37. The third-order valence-electron chi connectivity index (χ3n) is 4.60. The van der Waals surface area contributed by atoms with Crippen LogP contribution < -0.4 is 10.7 Å². The van der Waals surface area contributed by atoms with E-state index in [0.717, 1.165) is 20.1 Å². The minimum absolute atomic E-state index is 0.00295. The maximum Gasteiger partial charge on any atom is 0.407 e. The van der Waals surface area contributed by atoms with Gasteiger partial charge in [-0.1, -0.05) is 42.5 Å². The van der Waals surface area contributed by atoms with Crippen LogP contribution in [0.4, 0.5) is 4.79 Å². The van der Waals surface area contributed by atoms with Crippen molar-refractivity contribution in [2.75, 3.05) is 6.61 Å². The summed E-state index contributed by atoms with van der Waals surface area (Å²) in [6.45, 7) is 1.96. The van der Waals surface area contributed by atoms with Gasteiger partial charge in [0.1, 0.15) is 5.76 Å². The average molecular weight is 495 g/mol. The molecule has 34 heavy (non-hydrogen) atoms.